The van der Waals surface area contributed by atoms with Gasteiger partial charge in [0.15, 0.2) is 0 Å². The van der Waals surface area contributed by atoms with Gasteiger partial charge in [0.05, 0.1) is 29.7 Å². The van der Waals surface area contributed by atoms with Crippen LogP contribution in [0.15, 0.2) is 54.6 Å². The fourth-order valence-corrected chi connectivity index (χ4v) is 3.59. The first kappa shape index (κ1) is 23.9. The maximum absolute atomic E-state index is 13.8. The summed E-state index contributed by atoms with van der Waals surface area (Å²) in [4.78, 5) is 2.17. The van der Waals surface area contributed by atoms with Crippen LogP contribution in [0.3, 0.4) is 0 Å². The third kappa shape index (κ3) is 6.38. The van der Waals surface area contributed by atoms with Crippen molar-refractivity contribution in [1.82, 2.24) is 14.7 Å². The van der Waals surface area contributed by atoms with E-state index >= 15 is 0 Å². The smallest absolute Gasteiger partial charge is 0.227 e. The number of hydrogen-bond acceptors (Lipinski definition) is 5. The Morgan fingerprint density at radius 2 is 1.91 bits per heavy atom. The van der Waals surface area contributed by atoms with Crippen LogP contribution in [0.2, 0.25) is 0 Å². The molecule has 0 aliphatic rings. The van der Waals surface area contributed by atoms with Gasteiger partial charge in [-0.2, -0.15) is 5.10 Å². The molecule has 0 spiro atoms. The van der Waals surface area contributed by atoms with Crippen molar-refractivity contribution in [3.8, 4) is 17.3 Å². The topological polar surface area (TPSA) is 59.8 Å². The summed E-state index contributed by atoms with van der Waals surface area (Å²) in [5, 5.41) is 15.1. The molecule has 6 nitrogen and oxygen atoms in total. The van der Waals surface area contributed by atoms with E-state index in [4.69, 9.17) is 14.6 Å². The van der Waals surface area contributed by atoms with Crippen LogP contribution >= 0.6 is 0 Å². The third-order valence-electron chi connectivity index (χ3n) is 5.05. The van der Waals surface area contributed by atoms with E-state index in [-0.39, 0.29) is 5.82 Å². The molecule has 172 valence electrons. The monoisotopic (exact) mass is 441 g/mol. The van der Waals surface area contributed by atoms with Gasteiger partial charge in [-0.1, -0.05) is 31.2 Å². The van der Waals surface area contributed by atoms with Crippen LogP contribution in [0.25, 0.3) is 5.69 Å². The molecule has 0 unspecified atom stereocenters. The second-order valence-corrected chi connectivity index (χ2v) is 7.72. The zero-order valence-electron chi connectivity index (χ0n) is 19.0. The molecule has 1 aromatic heterocycles. The van der Waals surface area contributed by atoms with Crippen molar-refractivity contribution < 1.29 is 19.0 Å². The van der Waals surface area contributed by atoms with Gasteiger partial charge in [0.2, 0.25) is 5.88 Å². The molecule has 32 heavy (non-hydrogen) atoms. The maximum Gasteiger partial charge on any atom is 0.227 e. The lowest BCUT2D eigenvalue weighted by Gasteiger charge is -2.25. The molecule has 0 aliphatic heterocycles. The standard InChI is InChI=1S/C25H32FN3O3/c1-4-14-28(16-22(30)18-31-5-2)17-24-19(3)27-29(21-11-7-6-8-12-21)25(24)32-23-13-9-10-20(26)15-23/h6-13,15,22,30H,4-5,14,16-18H2,1-3H3/t22-/m0/s1. The fourth-order valence-electron chi connectivity index (χ4n) is 3.59. The SMILES string of the molecule is CCCN(Cc1c(C)nn(-c2ccccc2)c1Oc1cccc(F)c1)C[C@H](O)COCC. The summed E-state index contributed by atoms with van der Waals surface area (Å²) in [6.45, 7) is 8.64. The van der Waals surface area contributed by atoms with Gasteiger partial charge in [-0.05, 0) is 51.1 Å². The zero-order chi connectivity index (χ0) is 22.9. The second kappa shape index (κ2) is 11.8. The highest BCUT2D eigenvalue weighted by Gasteiger charge is 2.22. The molecule has 3 rings (SSSR count). The minimum absolute atomic E-state index is 0.297. The van der Waals surface area contributed by atoms with E-state index in [0.29, 0.717) is 37.9 Å². The first-order chi connectivity index (χ1) is 15.5. The summed E-state index contributed by atoms with van der Waals surface area (Å²) < 4.78 is 27.1. The molecule has 0 radical (unpaired) electrons. The molecule has 2 aromatic carbocycles. The summed E-state index contributed by atoms with van der Waals surface area (Å²) in [5.74, 6) is 0.583. The van der Waals surface area contributed by atoms with Crippen molar-refractivity contribution in [3.05, 3.63) is 71.7 Å². The number of para-hydroxylation sites is 1. The highest BCUT2D eigenvalue weighted by atomic mass is 19.1. The normalized spacial score (nSPS) is 12.3. The first-order valence-electron chi connectivity index (χ1n) is 11.1. The van der Waals surface area contributed by atoms with Gasteiger partial charge >= 0.3 is 0 Å². The van der Waals surface area contributed by atoms with Gasteiger partial charge in [0, 0.05) is 25.8 Å². The Morgan fingerprint density at radius 3 is 2.59 bits per heavy atom. The molecular formula is C25H32FN3O3. The van der Waals surface area contributed by atoms with Crippen LogP contribution in [0, 0.1) is 12.7 Å². The molecule has 7 heteroatoms. The Bertz CT molecular complexity index is 978. The van der Waals surface area contributed by atoms with E-state index < -0.39 is 6.10 Å². The van der Waals surface area contributed by atoms with Crippen LogP contribution in [-0.4, -0.2) is 52.2 Å². The Morgan fingerprint density at radius 1 is 1.12 bits per heavy atom. The van der Waals surface area contributed by atoms with Crippen molar-refractivity contribution in [2.45, 2.75) is 39.8 Å². The lowest BCUT2D eigenvalue weighted by molar-refractivity contribution is 0.0195. The van der Waals surface area contributed by atoms with Crippen LogP contribution in [0.4, 0.5) is 4.39 Å². The minimum atomic E-state index is -0.585. The molecule has 0 aliphatic carbocycles. The Hall–Kier alpha value is -2.74. The number of benzene rings is 2. The molecular weight excluding hydrogens is 409 g/mol. The highest BCUT2D eigenvalue weighted by molar-refractivity contribution is 5.43. The summed E-state index contributed by atoms with van der Waals surface area (Å²) in [5.41, 5.74) is 2.57. The molecule has 1 atom stereocenters. The number of aliphatic hydroxyl groups excluding tert-OH is 1. The van der Waals surface area contributed by atoms with Crippen molar-refractivity contribution in [1.29, 1.82) is 0 Å². The maximum atomic E-state index is 13.8. The third-order valence-corrected chi connectivity index (χ3v) is 5.05. The quantitative estimate of drug-likeness (QED) is 0.441. The van der Waals surface area contributed by atoms with E-state index in [0.717, 1.165) is 29.9 Å². The van der Waals surface area contributed by atoms with Gasteiger partial charge in [-0.3, -0.25) is 4.90 Å². The molecule has 0 bridgehead atoms. The summed E-state index contributed by atoms with van der Waals surface area (Å²) >= 11 is 0. The van der Waals surface area contributed by atoms with Crippen LogP contribution < -0.4 is 4.74 Å². The number of nitrogens with zero attached hydrogens (tertiary/aromatic N) is 3. The lowest BCUT2D eigenvalue weighted by Crippen LogP contribution is -2.35. The molecule has 1 heterocycles. The number of aryl methyl sites for hydroxylation is 1. The number of hydrogen-bond donors (Lipinski definition) is 1. The predicted molar refractivity (Wildman–Crippen MR) is 123 cm³/mol. The minimum Gasteiger partial charge on any atom is -0.438 e. The predicted octanol–water partition coefficient (Wildman–Crippen LogP) is 4.72. The number of ether oxygens (including phenoxy) is 2. The summed E-state index contributed by atoms with van der Waals surface area (Å²) in [6.07, 6.45) is 0.353. The second-order valence-electron chi connectivity index (χ2n) is 7.72. The van der Waals surface area contributed by atoms with Crippen molar-refractivity contribution >= 4 is 0 Å². The lowest BCUT2D eigenvalue weighted by atomic mass is 10.2. The average molecular weight is 442 g/mol. The Balaban J connectivity index is 1.95. The largest absolute Gasteiger partial charge is 0.438 e. The van der Waals surface area contributed by atoms with Crippen molar-refractivity contribution in [2.75, 3.05) is 26.3 Å². The van der Waals surface area contributed by atoms with E-state index in [2.05, 4.69) is 11.8 Å². The summed E-state index contributed by atoms with van der Waals surface area (Å²) in [6, 6.07) is 15.8. The molecule has 0 saturated heterocycles. The van der Waals surface area contributed by atoms with E-state index in [1.807, 2.05) is 44.2 Å². The van der Waals surface area contributed by atoms with Gasteiger partial charge in [-0.15, -0.1) is 0 Å². The number of rotatable bonds is 12. The molecule has 3 aromatic rings. The van der Waals surface area contributed by atoms with Gasteiger partial charge in [-0.25, -0.2) is 9.07 Å². The van der Waals surface area contributed by atoms with Crippen LogP contribution in [0.1, 0.15) is 31.5 Å². The molecule has 1 N–H and O–H groups in total. The average Bonchev–Trinajstić information content (AvgIpc) is 3.08. The Kier molecular flexibility index (Phi) is 8.79. The van der Waals surface area contributed by atoms with E-state index in [1.54, 1.807) is 16.8 Å². The number of halogens is 1. The fraction of sp³-hybridized carbons (Fsp3) is 0.400. The first-order valence-corrected chi connectivity index (χ1v) is 11.1. The highest BCUT2D eigenvalue weighted by Crippen LogP contribution is 2.32. The summed E-state index contributed by atoms with van der Waals surface area (Å²) in [7, 11) is 0. The van der Waals surface area contributed by atoms with E-state index in [1.165, 1.54) is 12.1 Å². The van der Waals surface area contributed by atoms with Gasteiger partial charge in [0.25, 0.3) is 0 Å². The zero-order valence-corrected chi connectivity index (χ0v) is 19.0. The van der Waals surface area contributed by atoms with Crippen LogP contribution in [0.5, 0.6) is 11.6 Å². The van der Waals surface area contributed by atoms with Crippen molar-refractivity contribution in [2.24, 2.45) is 0 Å². The van der Waals surface area contributed by atoms with Crippen LogP contribution in [-0.2, 0) is 11.3 Å². The number of aromatic nitrogens is 2. The number of aliphatic hydroxyl groups is 1. The van der Waals surface area contributed by atoms with E-state index in [9.17, 15) is 9.50 Å². The van der Waals surface area contributed by atoms with Crippen molar-refractivity contribution in [3.63, 3.8) is 0 Å². The Labute approximate surface area is 189 Å². The van der Waals surface area contributed by atoms with Gasteiger partial charge < -0.3 is 14.6 Å². The molecule has 0 amide bonds. The molecule has 0 fully saturated rings. The van der Waals surface area contributed by atoms with Gasteiger partial charge in [0.1, 0.15) is 11.6 Å². The molecule has 0 saturated carbocycles.